The third-order valence-electron chi connectivity index (χ3n) is 2.23. The van der Waals surface area contributed by atoms with Crippen molar-refractivity contribution in [3.8, 4) is 11.3 Å². The zero-order valence-electron chi connectivity index (χ0n) is 8.44. The zero-order valence-corrected chi connectivity index (χ0v) is 8.44. The monoisotopic (exact) mass is 197 g/mol. The van der Waals surface area contributed by atoms with Gasteiger partial charge in [-0.15, -0.1) is 0 Å². The van der Waals surface area contributed by atoms with Crippen LogP contribution in [-0.2, 0) is 0 Å². The van der Waals surface area contributed by atoms with Crippen LogP contribution in [0.25, 0.3) is 11.3 Å². The highest BCUT2D eigenvalue weighted by Crippen LogP contribution is 2.16. The van der Waals surface area contributed by atoms with Gasteiger partial charge in [0, 0.05) is 24.2 Å². The van der Waals surface area contributed by atoms with E-state index in [1.54, 1.807) is 12.4 Å². The molecule has 3 heteroatoms. The largest absolute Gasteiger partial charge is 0.306 e. The zero-order chi connectivity index (χ0) is 10.7. The molecule has 0 amide bonds. The van der Waals surface area contributed by atoms with Gasteiger partial charge in [0.25, 0.3) is 0 Å². The number of aryl methyl sites for hydroxylation is 1. The molecule has 2 aromatic rings. The van der Waals surface area contributed by atoms with E-state index >= 15 is 0 Å². The lowest BCUT2D eigenvalue weighted by molar-refractivity contribution is 1.22. The molecule has 0 bridgehead atoms. The summed E-state index contributed by atoms with van der Waals surface area (Å²) in [6, 6.07) is 7.74. The number of hydrogen-bond acceptors (Lipinski definition) is 3. The molecular formula is C12H11N3. The fourth-order valence-electron chi connectivity index (χ4n) is 1.37. The van der Waals surface area contributed by atoms with E-state index in [4.69, 9.17) is 5.41 Å². The summed E-state index contributed by atoms with van der Waals surface area (Å²) in [5.74, 6) is 0. The van der Waals surface area contributed by atoms with Crippen LogP contribution in [0.3, 0.4) is 0 Å². The fourth-order valence-corrected chi connectivity index (χ4v) is 1.37. The van der Waals surface area contributed by atoms with Gasteiger partial charge in [-0.25, -0.2) is 4.98 Å². The molecule has 0 aliphatic carbocycles. The Kier molecular flexibility index (Phi) is 2.54. The Morgan fingerprint density at radius 2 is 2.13 bits per heavy atom. The molecule has 2 heterocycles. The molecule has 0 radical (unpaired) electrons. The molecule has 15 heavy (non-hydrogen) atoms. The minimum Gasteiger partial charge on any atom is -0.306 e. The van der Waals surface area contributed by atoms with Crippen LogP contribution < -0.4 is 0 Å². The topological polar surface area (TPSA) is 49.6 Å². The van der Waals surface area contributed by atoms with Crippen LogP contribution in [0.4, 0.5) is 0 Å². The molecule has 0 fully saturated rings. The highest BCUT2D eigenvalue weighted by atomic mass is 14.7. The van der Waals surface area contributed by atoms with Crippen molar-refractivity contribution in [2.24, 2.45) is 0 Å². The first-order chi connectivity index (χ1) is 7.31. The normalized spacial score (nSPS) is 9.93. The summed E-state index contributed by atoms with van der Waals surface area (Å²) < 4.78 is 0. The predicted molar refractivity (Wildman–Crippen MR) is 60.1 cm³/mol. The number of aromatic nitrogens is 2. The molecule has 0 spiro atoms. The second kappa shape index (κ2) is 4.00. The van der Waals surface area contributed by atoms with E-state index in [9.17, 15) is 0 Å². The van der Waals surface area contributed by atoms with Gasteiger partial charge in [-0.3, -0.25) is 4.98 Å². The SMILES string of the molecule is Cc1ccc(-c2cccnc2)nc1C=N. The Labute approximate surface area is 88.3 Å². The summed E-state index contributed by atoms with van der Waals surface area (Å²) in [4.78, 5) is 8.42. The highest BCUT2D eigenvalue weighted by molar-refractivity contribution is 5.77. The standard InChI is InChI=1S/C12H11N3/c1-9-4-5-11(15-12(9)7-13)10-3-2-6-14-8-10/h2-8,13H,1H3. The van der Waals surface area contributed by atoms with Crippen molar-refractivity contribution in [2.75, 3.05) is 0 Å². The van der Waals surface area contributed by atoms with E-state index in [1.165, 1.54) is 6.21 Å². The van der Waals surface area contributed by atoms with E-state index in [1.807, 2.05) is 31.2 Å². The van der Waals surface area contributed by atoms with Crippen LogP contribution in [-0.4, -0.2) is 16.2 Å². The Hall–Kier alpha value is -2.03. The van der Waals surface area contributed by atoms with Crippen molar-refractivity contribution in [1.29, 1.82) is 5.41 Å². The smallest absolute Gasteiger partial charge is 0.0841 e. The fraction of sp³-hybridized carbons (Fsp3) is 0.0833. The third kappa shape index (κ3) is 1.91. The second-order valence-electron chi connectivity index (χ2n) is 3.28. The first-order valence-corrected chi connectivity index (χ1v) is 4.70. The lowest BCUT2D eigenvalue weighted by Gasteiger charge is -2.03. The third-order valence-corrected chi connectivity index (χ3v) is 2.23. The van der Waals surface area contributed by atoms with Gasteiger partial charge < -0.3 is 5.41 Å². The Morgan fingerprint density at radius 3 is 2.80 bits per heavy atom. The Balaban J connectivity index is 2.51. The summed E-state index contributed by atoms with van der Waals surface area (Å²) in [5.41, 5.74) is 3.54. The van der Waals surface area contributed by atoms with Crippen LogP contribution in [0.15, 0.2) is 36.7 Å². The Bertz CT molecular complexity index is 477. The molecule has 0 saturated heterocycles. The maximum Gasteiger partial charge on any atom is 0.0841 e. The molecule has 3 nitrogen and oxygen atoms in total. The van der Waals surface area contributed by atoms with Crippen molar-refractivity contribution in [3.63, 3.8) is 0 Å². The van der Waals surface area contributed by atoms with Crippen molar-refractivity contribution < 1.29 is 0 Å². The van der Waals surface area contributed by atoms with Crippen molar-refractivity contribution in [3.05, 3.63) is 47.9 Å². The van der Waals surface area contributed by atoms with Crippen molar-refractivity contribution in [2.45, 2.75) is 6.92 Å². The molecule has 0 aromatic carbocycles. The first kappa shape index (κ1) is 9.52. The number of rotatable bonds is 2. The minimum absolute atomic E-state index is 0.705. The summed E-state index contributed by atoms with van der Waals surface area (Å²) in [6.45, 7) is 1.94. The number of hydrogen-bond donors (Lipinski definition) is 1. The van der Waals surface area contributed by atoms with Gasteiger partial charge in [-0.2, -0.15) is 0 Å². The number of nitrogens with one attached hydrogen (secondary N) is 1. The van der Waals surface area contributed by atoms with Crippen molar-refractivity contribution in [1.82, 2.24) is 9.97 Å². The second-order valence-corrected chi connectivity index (χ2v) is 3.28. The van der Waals surface area contributed by atoms with Crippen LogP contribution in [0.1, 0.15) is 11.3 Å². The molecular weight excluding hydrogens is 186 g/mol. The molecule has 0 aliphatic rings. The van der Waals surface area contributed by atoms with E-state index < -0.39 is 0 Å². The quantitative estimate of drug-likeness (QED) is 0.752. The number of pyridine rings is 2. The van der Waals surface area contributed by atoms with E-state index in [0.717, 1.165) is 16.8 Å². The first-order valence-electron chi connectivity index (χ1n) is 4.70. The molecule has 0 saturated carbocycles. The maximum atomic E-state index is 7.24. The average Bonchev–Trinajstić information content (AvgIpc) is 2.31. The van der Waals surface area contributed by atoms with Crippen LogP contribution in [0.5, 0.6) is 0 Å². The molecule has 2 rings (SSSR count). The van der Waals surface area contributed by atoms with Gasteiger partial charge in [0.2, 0.25) is 0 Å². The lowest BCUT2D eigenvalue weighted by atomic mass is 10.1. The molecule has 0 aliphatic heterocycles. The molecule has 0 atom stereocenters. The van der Waals surface area contributed by atoms with E-state index in [-0.39, 0.29) is 0 Å². The van der Waals surface area contributed by atoms with Gasteiger partial charge >= 0.3 is 0 Å². The van der Waals surface area contributed by atoms with E-state index in [2.05, 4.69) is 9.97 Å². The molecule has 74 valence electrons. The Morgan fingerprint density at radius 1 is 1.27 bits per heavy atom. The molecule has 2 aromatic heterocycles. The summed E-state index contributed by atoms with van der Waals surface area (Å²) in [7, 11) is 0. The van der Waals surface area contributed by atoms with Gasteiger partial charge in [0.15, 0.2) is 0 Å². The van der Waals surface area contributed by atoms with Crippen LogP contribution >= 0.6 is 0 Å². The van der Waals surface area contributed by atoms with Gasteiger partial charge in [-0.05, 0) is 30.7 Å². The molecule has 0 unspecified atom stereocenters. The van der Waals surface area contributed by atoms with Gasteiger partial charge in [0.05, 0.1) is 11.4 Å². The lowest BCUT2D eigenvalue weighted by Crippen LogP contribution is -1.94. The number of nitrogens with zero attached hydrogens (tertiary/aromatic N) is 2. The van der Waals surface area contributed by atoms with Crippen molar-refractivity contribution >= 4 is 6.21 Å². The summed E-state index contributed by atoms with van der Waals surface area (Å²) >= 11 is 0. The summed E-state index contributed by atoms with van der Waals surface area (Å²) in [5, 5.41) is 7.24. The van der Waals surface area contributed by atoms with Crippen LogP contribution in [0, 0.1) is 12.3 Å². The minimum atomic E-state index is 0.705. The average molecular weight is 197 g/mol. The van der Waals surface area contributed by atoms with Gasteiger partial charge in [0.1, 0.15) is 0 Å². The molecule has 1 N–H and O–H groups in total. The van der Waals surface area contributed by atoms with Crippen LogP contribution in [0.2, 0.25) is 0 Å². The summed E-state index contributed by atoms with van der Waals surface area (Å²) in [6.07, 6.45) is 4.77. The predicted octanol–water partition coefficient (Wildman–Crippen LogP) is 2.45. The maximum absolute atomic E-state index is 7.24. The van der Waals surface area contributed by atoms with E-state index in [0.29, 0.717) is 5.69 Å². The highest BCUT2D eigenvalue weighted by Gasteiger charge is 2.01. The van der Waals surface area contributed by atoms with Gasteiger partial charge in [-0.1, -0.05) is 6.07 Å².